The summed E-state index contributed by atoms with van der Waals surface area (Å²) >= 11 is 9.30. The summed E-state index contributed by atoms with van der Waals surface area (Å²) in [7, 11) is 0. The highest BCUT2D eigenvalue weighted by atomic mass is 79.9. The zero-order valence-electron chi connectivity index (χ0n) is 11.2. The Morgan fingerprint density at radius 3 is 3.00 bits per heavy atom. The van der Waals surface area contributed by atoms with Crippen molar-refractivity contribution >= 4 is 39.2 Å². The fourth-order valence-corrected chi connectivity index (χ4v) is 2.92. The van der Waals surface area contributed by atoms with Crippen molar-refractivity contribution in [2.45, 2.75) is 37.8 Å². The minimum absolute atomic E-state index is 0.0249. The number of carbonyl (C=O) groups is 1. The van der Waals surface area contributed by atoms with Crippen LogP contribution in [0, 0.1) is 0 Å². The molecule has 110 valence electrons. The van der Waals surface area contributed by atoms with E-state index in [1.54, 1.807) is 18.2 Å². The zero-order valence-corrected chi connectivity index (χ0v) is 13.5. The summed E-state index contributed by atoms with van der Waals surface area (Å²) in [5.74, 6) is -0.842. The lowest BCUT2D eigenvalue weighted by Gasteiger charge is -2.38. The molecule has 1 aromatic rings. The van der Waals surface area contributed by atoms with Crippen molar-refractivity contribution in [3.8, 4) is 0 Å². The molecule has 0 radical (unpaired) electrons. The molecule has 4 nitrogen and oxygen atoms in total. The zero-order chi connectivity index (χ0) is 14.8. The van der Waals surface area contributed by atoms with Gasteiger partial charge in [-0.2, -0.15) is 0 Å². The molecule has 2 atom stereocenters. The standard InChI is InChI=1S/C14H17BrClNO3/c1-2-10-8-14(13(18)19,5-6-20-10)17-9-3-4-12(16)11(15)7-9/h3-4,7,10,17H,2,5-6,8H2,1H3,(H,18,19). The van der Waals surface area contributed by atoms with Crippen molar-refractivity contribution in [3.63, 3.8) is 0 Å². The Bertz CT molecular complexity index is 511. The summed E-state index contributed by atoms with van der Waals surface area (Å²) in [4.78, 5) is 11.7. The molecule has 6 heteroatoms. The van der Waals surface area contributed by atoms with Crippen LogP contribution in [0.5, 0.6) is 0 Å². The summed E-state index contributed by atoms with van der Waals surface area (Å²) in [5.41, 5.74) is -0.243. The summed E-state index contributed by atoms with van der Waals surface area (Å²) in [5, 5.41) is 13.4. The molecule has 1 aliphatic rings. The van der Waals surface area contributed by atoms with Crippen LogP contribution in [0.1, 0.15) is 26.2 Å². The monoisotopic (exact) mass is 361 g/mol. The molecule has 0 spiro atoms. The lowest BCUT2D eigenvalue weighted by Crippen LogP contribution is -2.52. The van der Waals surface area contributed by atoms with Crippen molar-refractivity contribution in [2.24, 2.45) is 0 Å². The average Bonchev–Trinajstić information content (AvgIpc) is 2.43. The molecule has 20 heavy (non-hydrogen) atoms. The van der Waals surface area contributed by atoms with Crippen LogP contribution >= 0.6 is 27.5 Å². The van der Waals surface area contributed by atoms with Crippen molar-refractivity contribution in [3.05, 3.63) is 27.7 Å². The molecule has 0 aliphatic carbocycles. The van der Waals surface area contributed by atoms with E-state index < -0.39 is 11.5 Å². The maximum atomic E-state index is 11.7. The molecule has 2 rings (SSSR count). The number of anilines is 1. The maximum Gasteiger partial charge on any atom is 0.329 e. The number of carboxylic acids is 1. The smallest absolute Gasteiger partial charge is 0.329 e. The van der Waals surface area contributed by atoms with Gasteiger partial charge in [-0.05, 0) is 40.5 Å². The van der Waals surface area contributed by atoms with Gasteiger partial charge in [-0.3, -0.25) is 0 Å². The molecular weight excluding hydrogens is 346 g/mol. The van der Waals surface area contributed by atoms with Crippen molar-refractivity contribution in [2.75, 3.05) is 11.9 Å². The Morgan fingerprint density at radius 1 is 1.65 bits per heavy atom. The Morgan fingerprint density at radius 2 is 2.40 bits per heavy atom. The molecular formula is C14H17BrClNO3. The number of nitrogens with one attached hydrogen (secondary N) is 1. The summed E-state index contributed by atoms with van der Waals surface area (Å²) in [6.45, 7) is 2.45. The molecule has 0 aromatic heterocycles. The molecule has 1 aromatic carbocycles. The molecule has 0 amide bonds. The number of hydrogen-bond donors (Lipinski definition) is 2. The minimum Gasteiger partial charge on any atom is -0.480 e. The third kappa shape index (κ3) is 3.27. The van der Waals surface area contributed by atoms with Gasteiger partial charge in [0.2, 0.25) is 0 Å². The average molecular weight is 363 g/mol. The van der Waals surface area contributed by atoms with E-state index in [0.717, 1.165) is 16.6 Å². The highest BCUT2D eigenvalue weighted by Crippen LogP contribution is 2.33. The summed E-state index contributed by atoms with van der Waals surface area (Å²) in [6.07, 6.45) is 1.68. The van der Waals surface area contributed by atoms with Gasteiger partial charge in [0.15, 0.2) is 0 Å². The van der Waals surface area contributed by atoms with Crippen molar-refractivity contribution in [1.82, 2.24) is 0 Å². The van der Waals surface area contributed by atoms with E-state index in [-0.39, 0.29) is 6.10 Å². The summed E-state index contributed by atoms with van der Waals surface area (Å²) < 4.78 is 6.32. The SMILES string of the molecule is CCC1CC(Nc2ccc(Cl)c(Br)c2)(C(=O)O)CCO1. The second kappa shape index (κ2) is 6.33. The number of hydrogen-bond acceptors (Lipinski definition) is 3. The Labute approximate surface area is 131 Å². The molecule has 1 heterocycles. The first-order valence-electron chi connectivity index (χ1n) is 6.55. The number of halogens is 2. The topological polar surface area (TPSA) is 58.6 Å². The first-order valence-corrected chi connectivity index (χ1v) is 7.72. The number of carboxylic acid groups (broad SMARTS) is 1. The number of rotatable bonds is 4. The van der Waals surface area contributed by atoms with Gasteiger partial charge >= 0.3 is 5.97 Å². The van der Waals surface area contributed by atoms with Crippen molar-refractivity contribution < 1.29 is 14.6 Å². The molecule has 0 saturated carbocycles. The van der Waals surface area contributed by atoms with Crippen LogP contribution in [-0.4, -0.2) is 29.3 Å². The fraction of sp³-hybridized carbons (Fsp3) is 0.500. The molecule has 1 aliphatic heterocycles. The largest absolute Gasteiger partial charge is 0.480 e. The lowest BCUT2D eigenvalue weighted by atomic mass is 9.85. The predicted molar refractivity (Wildman–Crippen MR) is 82.4 cm³/mol. The van der Waals surface area contributed by atoms with Gasteiger partial charge in [0, 0.05) is 29.6 Å². The quantitative estimate of drug-likeness (QED) is 0.852. The van der Waals surface area contributed by atoms with E-state index in [4.69, 9.17) is 16.3 Å². The van der Waals surface area contributed by atoms with Gasteiger partial charge in [-0.25, -0.2) is 4.79 Å². The van der Waals surface area contributed by atoms with Crippen LogP contribution in [0.2, 0.25) is 5.02 Å². The predicted octanol–water partition coefficient (Wildman–Crippen LogP) is 3.93. The fourth-order valence-electron chi connectivity index (χ4n) is 2.42. The van der Waals surface area contributed by atoms with Gasteiger partial charge in [0.05, 0.1) is 11.1 Å². The number of aliphatic carboxylic acids is 1. The van der Waals surface area contributed by atoms with E-state index in [9.17, 15) is 9.90 Å². The van der Waals surface area contributed by atoms with Gasteiger partial charge in [0.1, 0.15) is 5.54 Å². The van der Waals surface area contributed by atoms with E-state index in [1.807, 2.05) is 6.92 Å². The Balaban J connectivity index is 2.24. The lowest BCUT2D eigenvalue weighted by molar-refractivity contribution is -0.148. The number of benzene rings is 1. The van der Waals surface area contributed by atoms with Gasteiger partial charge in [0.25, 0.3) is 0 Å². The Kier molecular flexibility index (Phi) is 4.94. The normalized spacial score (nSPS) is 26.2. The van der Waals surface area contributed by atoms with Gasteiger partial charge < -0.3 is 15.2 Å². The molecule has 1 saturated heterocycles. The van der Waals surface area contributed by atoms with Crippen LogP contribution in [-0.2, 0) is 9.53 Å². The molecule has 0 bridgehead atoms. The Hall–Kier alpha value is -0.780. The second-order valence-electron chi connectivity index (χ2n) is 5.00. The van der Waals surface area contributed by atoms with E-state index in [1.165, 1.54) is 0 Å². The van der Waals surface area contributed by atoms with Crippen LogP contribution in [0.25, 0.3) is 0 Å². The third-order valence-corrected chi connectivity index (χ3v) is 4.84. The van der Waals surface area contributed by atoms with Gasteiger partial charge in [-0.1, -0.05) is 18.5 Å². The molecule has 2 unspecified atom stereocenters. The van der Waals surface area contributed by atoms with Crippen LogP contribution < -0.4 is 5.32 Å². The first-order chi connectivity index (χ1) is 9.47. The second-order valence-corrected chi connectivity index (χ2v) is 6.26. The van der Waals surface area contributed by atoms with Gasteiger partial charge in [-0.15, -0.1) is 0 Å². The molecule has 1 fully saturated rings. The molecule has 2 N–H and O–H groups in total. The van der Waals surface area contributed by atoms with Crippen molar-refractivity contribution in [1.29, 1.82) is 0 Å². The van der Waals surface area contributed by atoms with Crippen LogP contribution in [0.15, 0.2) is 22.7 Å². The van der Waals surface area contributed by atoms with E-state index in [0.29, 0.717) is 24.5 Å². The van der Waals surface area contributed by atoms with Crippen LogP contribution in [0.3, 0.4) is 0 Å². The number of ether oxygens (including phenoxy) is 1. The highest BCUT2D eigenvalue weighted by molar-refractivity contribution is 9.10. The maximum absolute atomic E-state index is 11.7. The third-order valence-electron chi connectivity index (χ3n) is 3.63. The van der Waals surface area contributed by atoms with E-state index in [2.05, 4.69) is 21.2 Å². The first kappa shape index (κ1) is 15.6. The minimum atomic E-state index is -0.980. The highest BCUT2D eigenvalue weighted by Gasteiger charge is 2.43. The van der Waals surface area contributed by atoms with Crippen LogP contribution in [0.4, 0.5) is 5.69 Å². The summed E-state index contributed by atoms with van der Waals surface area (Å²) in [6, 6.07) is 5.32. The van der Waals surface area contributed by atoms with E-state index >= 15 is 0 Å².